The van der Waals surface area contributed by atoms with Crippen LogP contribution in [0.1, 0.15) is 18.4 Å². The van der Waals surface area contributed by atoms with Crippen LogP contribution in [0, 0.1) is 5.92 Å². The lowest BCUT2D eigenvalue weighted by molar-refractivity contribution is -0.122. The first-order valence-electron chi connectivity index (χ1n) is 6.46. The van der Waals surface area contributed by atoms with Crippen molar-refractivity contribution in [2.45, 2.75) is 19.3 Å². The maximum Gasteiger partial charge on any atom is 0.231 e. The van der Waals surface area contributed by atoms with Gasteiger partial charge in [0.1, 0.15) is 0 Å². The number of nitrogens with zero attached hydrogens (tertiary/aromatic N) is 1. The maximum atomic E-state index is 12.4. The van der Waals surface area contributed by atoms with Crippen LogP contribution in [-0.2, 0) is 11.2 Å². The predicted octanol–water partition coefficient (Wildman–Crippen LogP) is 2.00. The SMILES string of the molecule is Cl.O=C(C1CCCNC1)N1CCc2ccccc21. The van der Waals surface area contributed by atoms with E-state index < -0.39 is 0 Å². The molecule has 0 spiro atoms. The molecule has 0 bridgehead atoms. The molecule has 3 nitrogen and oxygen atoms in total. The normalized spacial score (nSPS) is 22.2. The summed E-state index contributed by atoms with van der Waals surface area (Å²) in [6, 6.07) is 8.26. The van der Waals surface area contributed by atoms with Gasteiger partial charge in [0.25, 0.3) is 0 Å². The van der Waals surface area contributed by atoms with Gasteiger partial charge in [0.2, 0.25) is 5.91 Å². The summed E-state index contributed by atoms with van der Waals surface area (Å²) in [5.74, 6) is 0.483. The van der Waals surface area contributed by atoms with Gasteiger partial charge in [0, 0.05) is 18.8 Å². The van der Waals surface area contributed by atoms with Gasteiger partial charge in [-0.15, -0.1) is 12.4 Å². The third kappa shape index (κ3) is 2.38. The van der Waals surface area contributed by atoms with E-state index in [0.717, 1.165) is 44.6 Å². The third-order valence-electron chi connectivity index (χ3n) is 3.80. The summed E-state index contributed by atoms with van der Waals surface area (Å²) >= 11 is 0. The van der Waals surface area contributed by atoms with Crippen molar-refractivity contribution in [3.63, 3.8) is 0 Å². The first-order valence-corrected chi connectivity index (χ1v) is 6.46. The van der Waals surface area contributed by atoms with Gasteiger partial charge in [-0.3, -0.25) is 4.79 Å². The van der Waals surface area contributed by atoms with E-state index in [4.69, 9.17) is 0 Å². The lowest BCUT2D eigenvalue weighted by atomic mass is 9.98. The van der Waals surface area contributed by atoms with E-state index in [1.165, 1.54) is 5.56 Å². The first kappa shape index (κ1) is 13.4. The lowest BCUT2D eigenvalue weighted by Gasteiger charge is -2.27. The fourth-order valence-corrected chi connectivity index (χ4v) is 2.85. The van der Waals surface area contributed by atoms with Gasteiger partial charge >= 0.3 is 0 Å². The predicted molar refractivity (Wildman–Crippen MR) is 75.3 cm³/mol. The van der Waals surface area contributed by atoms with Gasteiger partial charge in [-0.05, 0) is 37.4 Å². The van der Waals surface area contributed by atoms with Crippen molar-refractivity contribution >= 4 is 24.0 Å². The quantitative estimate of drug-likeness (QED) is 0.843. The summed E-state index contributed by atoms with van der Waals surface area (Å²) < 4.78 is 0. The van der Waals surface area contributed by atoms with Crippen molar-refractivity contribution in [2.24, 2.45) is 5.92 Å². The molecule has 2 heterocycles. The Morgan fingerprint density at radius 2 is 2.17 bits per heavy atom. The molecule has 3 rings (SSSR count). The highest BCUT2D eigenvalue weighted by molar-refractivity contribution is 5.97. The summed E-state index contributed by atoms with van der Waals surface area (Å²) in [5, 5.41) is 3.32. The second-order valence-electron chi connectivity index (χ2n) is 4.91. The minimum atomic E-state index is 0. The molecule has 0 aliphatic carbocycles. The number of hydrogen-bond donors (Lipinski definition) is 1. The molecule has 1 saturated heterocycles. The van der Waals surface area contributed by atoms with E-state index >= 15 is 0 Å². The van der Waals surface area contributed by atoms with Gasteiger partial charge < -0.3 is 10.2 Å². The molecule has 0 radical (unpaired) electrons. The molecule has 98 valence electrons. The zero-order valence-corrected chi connectivity index (χ0v) is 11.2. The van der Waals surface area contributed by atoms with Crippen LogP contribution < -0.4 is 10.2 Å². The molecule has 1 atom stereocenters. The molecule has 18 heavy (non-hydrogen) atoms. The number of fused-ring (bicyclic) bond motifs is 1. The molecule has 1 amide bonds. The number of rotatable bonds is 1. The second kappa shape index (κ2) is 5.72. The highest BCUT2D eigenvalue weighted by atomic mass is 35.5. The van der Waals surface area contributed by atoms with Gasteiger partial charge in [-0.2, -0.15) is 0 Å². The van der Waals surface area contributed by atoms with E-state index in [1.54, 1.807) is 0 Å². The number of benzene rings is 1. The summed E-state index contributed by atoms with van der Waals surface area (Å²) in [7, 11) is 0. The zero-order valence-electron chi connectivity index (χ0n) is 10.4. The second-order valence-corrected chi connectivity index (χ2v) is 4.91. The van der Waals surface area contributed by atoms with Crippen molar-refractivity contribution in [2.75, 3.05) is 24.5 Å². The zero-order chi connectivity index (χ0) is 11.7. The molecule has 1 aromatic rings. The van der Waals surface area contributed by atoms with Crippen LogP contribution in [0.3, 0.4) is 0 Å². The molecule has 0 saturated carbocycles. The fraction of sp³-hybridized carbons (Fsp3) is 0.500. The molecular formula is C14H19ClN2O. The fourth-order valence-electron chi connectivity index (χ4n) is 2.85. The number of amides is 1. The van der Waals surface area contributed by atoms with Gasteiger partial charge in [-0.1, -0.05) is 18.2 Å². The molecular weight excluding hydrogens is 248 g/mol. The van der Waals surface area contributed by atoms with Gasteiger partial charge in [-0.25, -0.2) is 0 Å². The first-order chi connectivity index (χ1) is 8.36. The Morgan fingerprint density at radius 1 is 1.33 bits per heavy atom. The number of hydrogen-bond acceptors (Lipinski definition) is 2. The van der Waals surface area contributed by atoms with Crippen molar-refractivity contribution < 1.29 is 4.79 Å². The number of anilines is 1. The Bertz CT molecular complexity index is 430. The monoisotopic (exact) mass is 266 g/mol. The number of para-hydroxylation sites is 1. The van der Waals surface area contributed by atoms with E-state index in [2.05, 4.69) is 23.5 Å². The van der Waals surface area contributed by atoms with E-state index in [1.807, 2.05) is 11.0 Å². The van der Waals surface area contributed by atoms with Crippen LogP contribution in [0.25, 0.3) is 0 Å². The topological polar surface area (TPSA) is 32.3 Å². The van der Waals surface area contributed by atoms with Gasteiger partial charge in [0.15, 0.2) is 0 Å². The summed E-state index contributed by atoms with van der Waals surface area (Å²) in [4.78, 5) is 14.4. The van der Waals surface area contributed by atoms with Crippen molar-refractivity contribution in [1.29, 1.82) is 0 Å². The Labute approximate surface area is 114 Å². The number of carbonyl (C=O) groups excluding carboxylic acids is 1. The van der Waals surface area contributed by atoms with Crippen molar-refractivity contribution in [1.82, 2.24) is 5.32 Å². The molecule has 2 aliphatic rings. The number of carbonyl (C=O) groups is 1. The van der Waals surface area contributed by atoms with Crippen molar-refractivity contribution in [3.05, 3.63) is 29.8 Å². The van der Waals surface area contributed by atoms with Crippen LogP contribution in [0.15, 0.2) is 24.3 Å². The Morgan fingerprint density at radius 3 is 2.94 bits per heavy atom. The number of piperidine rings is 1. The average molecular weight is 267 g/mol. The molecule has 1 aromatic carbocycles. The van der Waals surface area contributed by atoms with Crippen LogP contribution >= 0.6 is 12.4 Å². The highest BCUT2D eigenvalue weighted by Gasteiger charge is 2.30. The molecule has 1 unspecified atom stereocenters. The number of nitrogens with one attached hydrogen (secondary N) is 1. The summed E-state index contributed by atoms with van der Waals surface area (Å²) in [5.41, 5.74) is 2.44. The minimum absolute atomic E-state index is 0. The number of halogens is 1. The summed E-state index contributed by atoms with van der Waals surface area (Å²) in [6.45, 7) is 2.76. The Kier molecular flexibility index (Phi) is 4.25. The standard InChI is InChI=1S/C14H18N2O.ClH/c17-14(12-5-3-8-15-10-12)16-9-7-11-4-1-2-6-13(11)16;/h1-2,4,6,12,15H,3,5,7-10H2;1H. The van der Waals surface area contributed by atoms with E-state index in [-0.39, 0.29) is 18.3 Å². The summed E-state index contributed by atoms with van der Waals surface area (Å²) in [6.07, 6.45) is 3.15. The smallest absolute Gasteiger partial charge is 0.231 e. The largest absolute Gasteiger partial charge is 0.316 e. The van der Waals surface area contributed by atoms with Crippen LogP contribution in [0.5, 0.6) is 0 Å². The van der Waals surface area contributed by atoms with Crippen molar-refractivity contribution in [3.8, 4) is 0 Å². The van der Waals surface area contributed by atoms with Crippen LogP contribution in [0.4, 0.5) is 5.69 Å². The molecule has 2 aliphatic heterocycles. The maximum absolute atomic E-state index is 12.4. The van der Waals surface area contributed by atoms with Gasteiger partial charge in [0.05, 0.1) is 5.92 Å². The Balaban J connectivity index is 0.00000120. The average Bonchev–Trinajstić information content (AvgIpc) is 2.83. The van der Waals surface area contributed by atoms with Crippen LogP contribution in [0.2, 0.25) is 0 Å². The lowest BCUT2D eigenvalue weighted by Crippen LogP contribution is -2.42. The molecule has 0 aromatic heterocycles. The highest BCUT2D eigenvalue weighted by Crippen LogP contribution is 2.29. The third-order valence-corrected chi connectivity index (χ3v) is 3.80. The molecule has 1 fully saturated rings. The van der Waals surface area contributed by atoms with Crippen LogP contribution in [-0.4, -0.2) is 25.5 Å². The van der Waals surface area contributed by atoms with E-state index in [0.29, 0.717) is 5.91 Å². The molecule has 1 N–H and O–H groups in total. The van der Waals surface area contributed by atoms with E-state index in [9.17, 15) is 4.79 Å². The molecule has 4 heteroatoms. The minimum Gasteiger partial charge on any atom is -0.316 e. The Hall–Kier alpha value is -1.06.